The number of hydrazine groups is 1. The minimum atomic E-state index is -0.399. The van der Waals surface area contributed by atoms with Gasteiger partial charge in [-0.15, -0.1) is 0 Å². The Bertz CT molecular complexity index is 632. The number of nitrogens with two attached hydrogens (primary N) is 1. The molecule has 0 saturated carbocycles. The van der Waals surface area contributed by atoms with Gasteiger partial charge in [-0.25, -0.2) is 20.2 Å². The molecule has 0 amide bonds. The molecule has 0 aliphatic heterocycles. The molecule has 0 aliphatic rings. The molecule has 0 atom stereocenters. The second-order valence-corrected chi connectivity index (χ2v) is 4.21. The van der Waals surface area contributed by atoms with Crippen molar-refractivity contribution in [3.8, 4) is 5.75 Å². The van der Waals surface area contributed by atoms with Crippen molar-refractivity contribution >= 4 is 17.3 Å². The van der Waals surface area contributed by atoms with Crippen molar-refractivity contribution in [1.29, 1.82) is 0 Å². The lowest BCUT2D eigenvalue weighted by atomic mass is 10.2. The summed E-state index contributed by atoms with van der Waals surface area (Å²) in [7, 11) is 1.52. The van der Waals surface area contributed by atoms with Gasteiger partial charge < -0.3 is 15.5 Å². The van der Waals surface area contributed by atoms with Gasteiger partial charge in [0.1, 0.15) is 29.0 Å². The Hall–Kier alpha value is -2.41. The lowest BCUT2D eigenvalue weighted by molar-refractivity contribution is 0.414. The molecule has 1 aromatic heterocycles. The Morgan fingerprint density at radius 2 is 1.90 bits per heavy atom. The van der Waals surface area contributed by atoms with Crippen LogP contribution in [0.15, 0.2) is 18.2 Å². The van der Waals surface area contributed by atoms with Crippen LogP contribution < -0.4 is 21.3 Å². The molecule has 106 valence electrons. The molecule has 1 heterocycles. The number of aryl methyl sites for hydroxylation is 1. The van der Waals surface area contributed by atoms with Crippen LogP contribution in [-0.2, 0) is 0 Å². The zero-order chi connectivity index (χ0) is 14.7. The Morgan fingerprint density at radius 3 is 2.55 bits per heavy atom. The smallest absolute Gasteiger partial charge is 0.148 e. The van der Waals surface area contributed by atoms with Crippen molar-refractivity contribution in [3.63, 3.8) is 0 Å². The SMILES string of the molecule is COc1ccc(F)c(Nc2nc(C)nc(NN)c2C)c1. The van der Waals surface area contributed by atoms with Gasteiger partial charge in [-0.05, 0) is 26.0 Å². The first-order chi connectivity index (χ1) is 9.55. The molecule has 0 saturated heterocycles. The van der Waals surface area contributed by atoms with Gasteiger partial charge >= 0.3 is 0 Å². The Labute approximate surface area is 116 Å². The summed E-state index contributed by atoms with van der Waals surface area (Å²) in [6.07, 6.45) is 0. The van der Waals surface area contributed by atoms with Gasteiger partial charge in [0, 0.05) is 11.6 Å². The Morgan fingerprint density at radius 1 is 1.20 bits per heavy atom. The van der Waals surface area contributed by atoms with E-state index in [0.717, 1.165) is 0 Å². The summed E-state index contributed by atoms with van der Waals surface area (Å²) in [4.78, 5) is 8.39. The molecule has 0 spiro atoms. The number of nitrogens with one attached hydrogen (secondary N) is 2. The van der Waals surface area contributed by atoms with Crippen LogP contribution in [0, 0.1) is 19.7 Å². The summed E-state index contributed by atoms with van der Waals surface area (Å²) < 4.78 is 18.9. The number of benzene rings is 1. The highest BCUT2D eigenvalue weighted by Gasteiger charge is 2.11. The number of nitrogen functional groups attached to an aromatic ring is 1. The number of nitrogens with zero attached hydrogens (tertiary/aromatic N) is 2. The molecule has 0 unspecified atom stereocenters. The molecule has 0 radical (unpaired) electrons. The topological polar surface area (TPSA) is 85.1 Å². The fraction of sp³-hybridized carbons (Fsp3) is 0.231. The first-order valence-electron chi connectivity index (χ1n) is 5.97. The van der Waals surface area contributed by atoms with E-state index in [0.29, 0.717) is 28.8 Å². The van der Waals surface area contributed by atoms with E-state index < -0.39 is 5.82 Å². The van der Waals surface area contributed by atoms with Gasteiger partial charge in [0.25, 0.3) is 0 Å². The van der Waals surface area contributed by atoms with Crippen LogP contribution in [0.1, 0.15) is 11.4 Å². The van der Waals surface area contributed by atoms with Crippen molar-refractivity contribution < 1.29 is 9.13 Å². The number of aromatic nitrogens is 2. The minimum Gasteiger partial charge on any atom is -0.497 e. The second kappa shape index (κ2) is 5.70. The fourth-order valence-electron chi connectivity index (χ4n) is 1.75. The van der Waals surface area contributed by atoms with E-state index in [9.17, 15) is 4.39 Å². The number of anilines is 3. The molecular formula is C13H16FN5O. The third-order valence-electron chi connectivity index (χ3n) is 2.82. The third kappa shape index (κ3) is 2.77. The maximum atomic E-state index is 13.8. The maximum Gasteiger partial charge on any atom is 0.148 e. The van der Waals surface area contributed by atoms with Crippen LogP contribution in [0.3, 0.4) is 0 Å². The summed E-state index contributed by atoms with van der Waals surface area (Å²) in [6.45, 7) is 3.52. The molecule has 2 aromatic rings. The standard InChI is InChI=1S/C13H16FN5O/c1-7-12(16-8(2)17-13(7)19-15)18-11-6-9(20-3)4-5-10(11)14/h4-6H,15H2,1-3H3,(H2,16,17,18,19). The van der Waals surface area contributed by atoms with E-state index in [2.05, 4.69) is 20.7 Å². The molecule has 0 fully saturated rings. The van der Waals surface area contributed by atoms with Crippen molar-refractivity contribution in [2.24, 2.45) is 5.84 Å². The van der Waals surface area contributed by atoms with Gasteiger partial charge in [0.05, 0.1) is 12.8 Å². The Kier molecular flexibility index (Phi) is 3.99. The van der Waals surface area contributed by atoms with Crippen molar-refractivity contribution in [1.82, 2.24) is 9.97 Å². The molecule has 0 aliphatic carbocycles. The molecule has 2 rings (SSSR count). The highest BCUT2D eigenvalue weighted by molar-refractivity contribution is 5.65. The normalized spacial score (nSPS) is 10.2. The molecule has 20 heavy (non-hydrogen) atoms. The lowest BCUT2D eigenvalue weighted by Crippen LogP contribution is -2.13. The first kappa shape index (κ1) is 14.0. The van der Waals surface area contributed by atoms with Crippen LogP contribution in [0.2, 0.25) is 0 Å². The monoisotopic (exact) mass is 277 g/mol. The van der Waals surface area contributed by atoms with Crippen LogP contribution in [0.4, 0.5) is 21.7 Å². The largest absolute Gasteiger partial charge is 0.497 e. The van der Waals surface area contributed by atoms with E-state index in [1.54, 1.807) is 26.0 Å². The van der Waals surface area contributed by atoms with E-state index in [-0.39, 0.29) is 5.69 Å². The summed E-state index contributed by atoms with van der Waals surface area (Å²) in [5.74, 6) is 7.04. The van der Waals surface area contributed by atoms with Gasteiger partial charge in [-0.2, -0.15) is 0 Å². The van der Waals surface area contributed by atoms with Gasteiger partial charge in [0.2, 0.25) is 0 Å². The first-order valence-corrected chi connectivity index (χ1v) is 5.97. The van der Waals surface area contributed by atoms with Crippen LogP contribution in [0.5, 0.6) is 5.75 Å². The number of ether oxygens (including phenoxy) is 1. The number of rotatable bonds is 4. The highest BCUT2D eigenvalue weighted by Crippen LogP contribution is 2.27. The third-order valence-corrected chi connectivity index (χ3v) is 2.82. The van der Waals surface area contributed by atoms with E-state index in [1.165, 1.54) is 13.2 Å². The molecule has 6 nitrogen and oxygen atoms in total. The number of hydrogen-bond acceptors (Lipinski definition) is 6. The van der Waals surface area contributed by atoms with E-state index in [4.69, 9.17) is 10.6 Å². The van der Waals surface area contributed by atoms with Crippen LogP contribution in [0.25, 0.3) is 0 Å². The quantitative estimate of drug-likeness (QED) is 0.587. The second-order valence-electron chi connectivity index (χ2n) is 4.21. The molecule has 7 heteroatoms. The van der Waals surface area contributed by atoms with Crippen molar-refractivity contribution in [3.05, 3.63) is 35.4 Å². The predicted octanol–water partition coefficient (Wildman–Crippen LogP) is 2.27. The number of hydrogen-bond donors (Lipinski definition) is 3. The van der Waals surface area contributed by atoms with Gasteiger partial charge in [0.15, 0.2) is 0 Å². The molecule has 0 bridgehead atoms. The maximum absolute atomic E-state index is 13.8. The zero-order valence-corrected chi connectivity index (χ0v) is 11.5. The van der Waals surface area contributed by atoms with Crippen LogP contribution >= 0.6 is 0 Å². The average Bonchev–Trinajstić information content (AvgIpc) is 2.44. The van der Waals surface area contributed by atoms with Crippen molar-refractivity contribution in [2.45, 2.75) is 13.8 Å². The zero-order valence-electron chi connectivity index (χ0n) is 11.5. The molecule has 4 N–H and O–H groups in total. The number of methoxy groups -OCH3 is 1. The Balaban J connectivity index is 2.42. The van der Waals surface area contributed by atoms with Crippen molar-refractivity contribution in [2.75, 3.05) is 17.9 Å². The predicted molar refractivity (Wildman–Crippen MR) is 75.6 cm³/mol. The average molecular weight is 277 g/mol. The highest BCUT2D eigenvalue weighted by atomic mass is 19.1. The summed E-state index contributed by atoms with van der Waals surface area (Å²) >= 11 is 0. The molecular weight excluding hydrogens is 261 g/mol. The van der Waals surface area contributed by atoms with Crippen LogP contribution in [-0.4, -0.2) is 17.1 Å². The summed E-state index contributed by atoms with van der Waals surface area (Å²) in [5.41, 5.74) is 3.46. The molecule has 1 aromatic carbocycles. The lowest BCUT2D eigenvalue weighted by Gasteiger charge is -2.13. The fourth-order valence-corrected chi connectivity index (χ4v) is 1.75. The number of halogens is 1. The summed E-state index contributed by atoms with van der Waals surface area (Å²) in [5, 5.41) is 2.93. The van der Waals surface area contributed by atoms with Gasteiger partial charge in [-0.1, -0.05) is 0 Å². The minimum absolute atomic E-state index is 0.272. The summed E-state index contributed by atoms with van der Waals surface area (Å²) in [6, 6.07) is 4.43. The van der Waals surface area contributed by atoms with E-state index in [1.807, 2.05) is 0 Å². The van der Waals surface area contributed by atoms with E-state index >= 15 is 0 Å². The van der Waals surface area contributed by atoms with Gasteiger partial charge in [-0.3, -0.25) is 0 Å².